The van der Waals surface area contributed by atoms with E-state index in [-0.39, 0.29) is 13.1 Å². The van der Waals surface area contributed by atoms with E-state index in [1.165, 1.54) is 0 Å². The topological polar surface area (TPSA) is 43.8 Å². The third-order valence-corrected chi connectivity index (χ3v) is 2.62. The average molecular weight is 243 g/mol. The van der Waals surface area contributed by atoms with Gasteiger partial charge in [-0.15, -0.1) is 0 Å². The third-order valence-electron chi connectivity index (χ3n) is 2.62. The number of imidazole rings is 1. The summed E-state index contributed by atoms with van der Waals surface area (Å²) in [6, 6.07) is 4.94. The van der Waals surface area contributed by atoms with Crippen molar-refractivity contribution >= 4 is 11.0 Å². The fraction of sp³-hybridized carbons (Fsp3) is 0.364. The molecule has 0 aliphatic rings. The molecular weight excluding hydrogens is 231 g/mol. The summed E-state index contributed by atoms with van der Waals surface area (Å²) in [7, 11) is 0. The van der Waals surface area contributed by atoms with E-state index in [4.69, 9.17) is 5.73 Å². The molecule has 0 spiro atoms. The molecule has 0 radical (unpaired) electrons. The lowest BCUT2D eigenvalue weighted by Crippen LogP contribution is -2.14. The van der Waals surface area contributed by atoms with Crippen LogP contribution in [0.4, 0.5) is 13.2 Å². The number of aromatic nitrogens is 2. The normalized spacial score (nSPS) is 12.3. The first-order valence-electron chi connectivity index (χ1n) is 5.23. The molecule has 1 aromatic heterocycles. The van der Waals surface area contributed by atoms with Gasteiger partial charge in [0, 0.05) is 13.1 Å². The Kier molecular flexibility index (Phi) is 2.82. The lowest BCUT2D eigenvalue weighted by Gasteiger charge is -2.08. The van der Waals surface area contributed by atoms with Gasteiger partial charge in [-0.3, -0.25) is 0 Å². The van der Waals surface area contributed by atoms with Crippen LogP contribution in [0.2, 0.25) is 0 Å². The summed E-state index contributed by atoms with van der Waals surface area (Å²) >= 11 is 0. The molecule has 0 saturated carbocycles. The van der Waals surface area contributed by atoms with Crippen LogP contribution in [0.15, 0.2) is 18.2 Å². The summed E-state index contributed by atoms with van der Waals surface area (Å²) in [6.07, 6.45) is -4.43. The van der Waals surface area contributed by atoms with Gasteiger partial charge in [0.1, 0.15) is 0 Å². The Morgan fingerprint density at radius 3 is 2.59 bits per heavy atom. The van der Waals surface area contributed by atoms with Crippen LogP contribution in [0.1, 0.15) is 18.3 Å². The Labute approximate surface area is 96.0 Å². The van der Waals surface area contributed by atoms with Crippen molar-refractivity contribution in [3.8, 4) is 0 Å². The first kappa shape index (κ1) is 11.9. The summed E-state index contributed by atoms with van der Waals surface area (Å²) in [6.45, 7) is 2.18. The molecular formula is C11H12F3N3. The zero-order valence-corrected chi connectivity index (χ0v) is 9.25. The Morgan fingerprint density at radius 1 is 1.35 bits per heavy atom. The van der Waals surface area contributed by atoms with Crippen molar-refractivity contribution in [2.75, 3.05) is 0 Å². The summed E-state index contributed by atoms with van der Waals surface area (Å²) in [5.74, 6) is -0.857. The lowest BCUT2D eigenvalue weighted by atomic mass is 10.2. The third kappa shape index (κ3) is 2.00. The smallest absolute Gasteiger partial charge is 0.326 e. The fourth-order valence-corrected chi connectivity index (χ4v) is 1.84. The van der Waals surface area contributed by atoms with E-state index >= 15 is 0 Å². The van der Waals surface area contributed by atoms with E-state index in [1.54, 1.807) is 25.1 Å². The molecule has 17 heavy (non-hydrogen) atoms. The largest absolute Gasteiger partial charge is 0.449 e. The molecule has 0 unspecified atom stereocenters. The Morgan fingerprint density at radius 2 is 2.06 bits per heavy atom. The zero-order chi connectivity index (χ0) is 12.6. The number of hydrogen-bond acceptors (Lipinski definition) is 2. The Hall–Kier alpha value is -1.56. The van der Waals surface area contributed by atoms with Crippen LogP contribution >= 0.6 is 0 Å². The minimum Gasteiger partial charge on any atom is -0.326 e. The summed E-state index contributed by atoms with van der Waals surface area (Å²) in [4.78, 5) is 3.65. The van der Waals surface area contributed by atoms with Crippen LogP contribution in [0.5, 0.6) is 0 Å². The molecule has 0 amide bonds. The SMILES string of the molecule is CCn1c(C(F)(F)F)nc2cc(CN)ccc21. The Bertz CT molecular complexity index is 543. The molecule has 0 saturated heterocycles. The highest BCUT2D eigenvalue weighted by atomic mass is 19.4. The van der Waals surface area contributed by atoms with Crippen molar-refractivity contribution in [1.29, 1.82) is 0 Å². The zero-order valence-electron chi connectivity index (χ0n) is 9.25. The maximum Gasteiger partial charge on any atom is 0.449 e. The molecule has 2 aromatic rings. The van der Waals surface area contributed by atoms with Gasteiger partial charge in [-0.2, -0.15) is 13.2 Å². The standard InChI is InChI=1S/C11H12F3N3/c1-2-17-9-4-3-7(6-15)5-8(9)16-10(17)11(12,13)14/h3-5H,2,6,15H2,1H3. The van der Waals surface area contributed by atoms with Crippen LogP contribution in [0, 0.1) is 0 Å². The highest BCUT2D eigenvalue weighted by Gasteiger charge is 2.37. The van der Waals surface area contributed by atoms with Gasteiger partial charge >= 0.3 is 6.18 Å². The van der Waals surface area contributed by atoms with Gasteiger partial charge in [0.15, 0.2) is 0 Å². The van der Waals surface area contributed by atoms with E-state index in [1.807, 2.05) is 0 Å². The van der Waals surface area contributed by atoms with E-state index in [0.29, 0.717) is 11.0 Å². The molecule has 6 heteroatoms. The maximum atomic E-state index is 12.7. The number of fused-ring (bicyclic) bond motifs is 1. The van der Waals surface area contributed by atoms with Crippen molar-refractivity contribution in [3.63, 3.8) is 0 Å². The molecule has 1 aromatic carbocycles. The first-order chi connectivity index (χ1) is 7.97. The molecule has 0 aliphatic heterocycles. The monoisotopic (exact) mass is 243 g/mol. The molecule has 2 rings (SSSR count). The summed E-state index contributed by atoms with van der Waals surface area (Å²) in [5, 5.41) is 0. The van der Waals surface area contributed by atoms with Gasteiger partial charge in [0.05, 0.1) is 11.0 Å². The number of rotatable bonds is 2. The van der Waals surface area contributed by atoms with Crippen LogP contribution < -0.4 is 5.73 Å². The second kappa shape index (κ2) is 4.03. The minimum atomic E-state index is -4.43. The number of hydrogen-bond donors (Lipinski definition) is 1. The van der Waals surface area contributed by atoms with Crippen LogP contribution in [-0.2, 0) is 19.3 Å². The van der Waals surface area contributed by atoms with Gasteiger partial charge < -0.3 is 10.3 Å². The van der Waals surface area contributed by atoms with Crippen LogP contribution in [-0.4, -0.2) is 9.55 Å². The van der Waals surface area contributed by atoms with Crippen molar-refractivity contribution in [2.45, 2.75) is 26.2 Å². The number of nitrogens with zero attached hydrogens (tertiary/aromatic N) is 2. The maximum absolute atomic E-state index is 12.7. The van der Waals surface area contributed by atoms with Crippen molar-refractivity contribution in [1.82, 2.24) is 9.55 Å². The van der Waals surface area contributed by atoms with Gasteiger partial charge in [-0.05, 0) is 24.6 Å². The predicted octanol–water partition coefficient (Wildman–Crippen LogP) is 2.53. The van der Waals surface area contributed by atoms with Crippen molar-refractivity contribution in [3.05, 3.63) is 29.6 Å². The number of alkyl halides is 3. The number of halogens is 3. The average Bonchev–Trinajstić information content (AvgIpc) is 2.65. The van der Waals surface area contributed by atoms with E-state index in [2.05, 4.69) is 4.98 Å². The van der Waals surface area contributed by atoms with Gasteiger partial charge in [0.25, 0.3) is 0 Å². The summed E-state index contributed by atoms with van der Waals surface area (Å²) < 4.78 is 39.4. The second-order valence-corrected chi connectivity index (χ2v) is 3.70. The Balaban J connectivity index is 2.70. The second-order valence-electron chi connectivity index (χ2n) is 3.70. The number of benzene rings is 1. The predicted molar refractivity (Wildman–Crippen MR) is 58.3 cm³/mol. The number of aryl methyl sites for hydroxylation is 1. The summed E-state index contributed by atoms with van der Waals surface area (Å²) in [5.41, 5.74) is 7.04. The van der Waals surface area contributed by atoms with Gasteiger partial charge in [0.2, 0.25) is 5.82 Å². The fourth-order valence-electron chi connectivity index (χ4n) is 1.84. The van der Waals surface area contributed by atoms with Crippen LogP contribution in [0.3, 0.4) is 0 Å². The molecule has 2 N–H and O–H groups in total. The molecule has 0 aliphatic carbocycles. The molecule has 92 valence electrons. The van der Waals surface area contributed by atoms with Crippen molar-refractivity contribution in [2.24, 2.45) is 5.73 Å². The highest BCUT2D eigenvalue weighted by Crippen LogP contribution is 2.31. The van der Waals surface area contributed by atoms with Gasteiger partial charge in [-0.25, -0.2) is 4.98 Å². The minimum absolute atomic E-state index is 0.229. The molecule has 0 fully saturated rings. The van der Waals surface area contributed by atoms with E-state index in [0.717, 1.165) is 10.1 Å². The molecule has 0 bridgehead atoms. The molecule has 0 atom stereocenters. The molecule has 1 heterocycles. The van der Waals surface area contributed by atoms with Crippen LogP contribution in [0.25, 0.3) is 11.0 Å². The highest BCUT2D eigenvalue weighted by molar-refractivity contribution is 5.77. The molecule has 3 nitrogen and oxygen atoms in total. The van der Waals surface area contributed by atoms with E-state index < -0.39 is 12.0 Å². The van der Waals surface area contributed by atoms with Gasteiger partial charge in [-0.1, -0.05) is 6.07 Å². The van der Waals surface area contributed by atoms with Crippen molar-refractivity contribution < 1.29 is 13.2 Å². The number of nitrogens with two attached hydrogens (primary N) is 1. The quantitative estimate of drug-likeness (QED) is 0.880. The van der Waals surface area contributed by atoms with E-state index in [9.17, 15) is 13.2 Å². The lowest BCUT2D eigenvalue weighted by molar-refractivity contribution is -0.146. The first-order valence-corrected chi connectivity index (χ1v) is 5.23.